The van der Waals surface area contributed by atoms with Crippen molar-refractivity contribution in [3.8, 4) is 0 Å². The van der Waals surface area contributed by atoms with E-state index in [9.17, 15) is 9.36 Å². The van der Waals surface area contributed by atoms with Gasteiger partial charge in [-0.05, 0) is 13.3 Å². The fraction of sp³-hybridized carbons (Fsp3) is 0.500. The number of fused-ring (bicyclic) bond motifs is 1. The van der Waals surface area contributed by atoms with E-state index >= 15 is 0 Å². The van der Waals surface area contributed by atoms with Crippen molar-refractivity contribution in [1.29, 1.82) is 0 Å². The first-order valence-electron chi connectivity index (χ1n) is 6.57. The summed E-state index contributed by atoms with van der Waals surface area (Å²) >= 11 is 4.03. The Bertz CT molecular complexity index is 700. The van der Waals surface area contributed by atoms with Crippen LogP contribution in [0.5, 0.6) is 0 Å². The maximum absolute atomic E-state index is 12.6. The molecule has 2 rings (SSSR count). The normalized spacial score (nSPS) is 14.4. The molecule has 9 heteroatoms. The topological polar surface area (TPSA) is 60.7 Å². The Kier molecular flexibility index (Phi) is 6.37. The molecule has 1 unspecified atom stereocenters. The van der Waals surface area contributed by atoms with Gasteiger partial charge in [0.25, 0.3) is 5.56 Å². The van der Waals surface area contributed by atoms with Crippen LogP contribution in [0.1, 0.15) is 26.0 Å². The van der Waals surface area contributed by atoms with Crippen LogP contribution in [0.15, 0.2) is 22.4 Å². The average Bonchev–Trinajstić information content (AvgIpc) is 2.92. The van der Waals surface area contributed by atoms with Crippen LogP contribution >= 0.6 is 39.9 Å². The fourth-order valence-electron chi connectivity index (χ4n) is 1.58. The summed E-state index contributed by atoms with van der Waals surface area (Å²) in [7, 11) is 0. The first-order chi connectivity index (χ1) is 10.1. The van der Waals surface area contributed by atoms with Gasteiger partial charge in [-0.3, -0.25) is 13.8 Å². The molecule has 0 saturated carbocycles. The van der Waals surface area contributed by atoms with Crippen molar-refractivity contribution in [3.05, 3.63) is 33.7 Å². The Labute approximate surface area is 135 Å². The number of hydrogen-bond acceptors (Lipinski definition) is 7. The molecule has 0 amide bonds. The Morgan fingerprint density at radius 2 is 2.24 bits per heavy atom. The molecule has 2 aromatic heterocycles. The summed E-state index contributed by atoms with van der Waals surface area (Å²) in [5, 5.41) is 1.82. The molecular formula is C12H17N2O3PS3. The van der Waals surface area contributed by atoms with Crippen LogP contribution in [0, 0.1) is 0 Å². The molecule has 2 heterocycles. The minimum absolute atomic E-state index is 0.107. The van der Waals surface area contributed by atoms with E-state index in [1.165, 1.54) is 44.6 Å². The summed E-state index contributed by atoms with van der Waals surface area (Å²) in [5.41, 5.74) is 0.536. The molecule has 0 radical (unpaired) electrons. The fourth-order valence-corrected chi connectivity index (χ4v) is 8.91. The van der Waals surface area contributed by atoms with Crippen LogP contribution < -0.4 is 5.56 Å². The van der Waals surface area contributed by atoms with Crippen molar-refractivity contribution in [3.63, 3.8) is 0 Å². The molecule has 0 aliphatic rings. The van der Waals surface area contributed by atoms with Crippen LogP contribution in [0.3, 0.4) is 0 Å². The van der Waals surface area contributed by atoms with Crippen LogP contribution in [0.2, 0.25) is 0 Å². The van der Waals surface area contributed by atoms with Gasteiger partial charge >= 0.3 is 5.77 Å². The van der Waals surface area contributed by atoms with E-state index in [1.807, 2.05) is 19.2 Å². The molecule has 0 fully saturated rings. The lowest BCUT2D eigenvalue weighted by Gasteiger charge is -2.15. The zero-order valence-corrected chi connectivity index (χ0v) is 15.2. The maximum atomic E-state index is 12.6. The zero-order chi connectivity index (χ0) is 15.3. The van der Waals surface area contributed by atoms with Gasteiger partial charge in [0.05, 0.1) is 12.3 Å². The zero-order valence-electron chi connectivity index (χ0n) is 11.9. The van der Waals surface area contributed by atoms with Crippen molar-refractivity contribution >= 4 is 44.8 Å². The van der Waals surface area contributed by atoms with Crippen molar-refractivity contribution in [2.45, 2.75) is 26.0 Å². The monoisotopic (exact) mass is 364 g/mol. The van der Waals surface area contributed by atoms with Crippen LogP contribution in [-0.4, -0.2) is 21.7 Å². The third-order valence-electron chi connectivity index (χ3n) is 2.47. The second-order valence-corrected chi connectivity index (χ2v) is 12.5. The quantitative estimate of drug-likeness (QED) is 0.652. The minimum Gasteiger partial charge on any atom is -0.314 e. The molecule has 0 aliphatic carbocycles. The van der Waals surface area contributed by atoms with Crippen LogP contribution in [0.25, 0.3) is 4.96 Å². The van der Waals surface area contributed by atoms with Gasteiger partial charge in [0.15, 0.2) is 4.96 Å². The lowest BCUT2D eigenvalue weighted by atomic mass is 10.4. The lowest BCUT2D eigenvalue weighted by Crippen LogP contribution is -2.12. The Morgan fingerprint density at radius 3 is 2.95 bits per heavy atom. The standard InChI is InChI=1S/C12H17N2O3PS3/c1-3-6-20-18(16,17-4-2)21-9-10-8-11(15)14-5-7-19-12(14)13-10/h5,7-8H,3-4,6,9H2,1-2H3. The van der Waals surface area contributed by atoms with Crippen LogP contribution in [-0.2, 0) is 14.8 Å². The van der Waals surface area contributed by atoms with Gasteiger partial charge in [0.1, 0.15) is 0 Å². The number of nitrogens with zero attached hydrogens (tertiary/aromatic N) is 2. The van der Waals surface area contributed by atoms with Gasteiger partial charge < -0.3 is 4.52 Å². The number of thiazole rings is 1. The summed E-state index contributed by atoms with van der Waals surface area (Å²) in [4.78, 5) is 17.0. The number of hydrogen-bond donors (Lipinski definition) is 0. The molecule has 0 saturated heterocycles. The Balaban J connectivity index is 2.11. The summed E-state index contributed by atoms with van der Waals surface area (Å²) in [6, 6.07) is 1.49. The van der Waals surface area contributed by atoms with E-state index in [0.29, 0.717) is 23.0 Å². The molecule has 116 valence electrons. The first kappa shape index (κ1) is 17.1. The summed E-state index contributed by atoms with van der Waals surface area (Å²) in [6.45, 7) is 4.30. The van der Waals surface area contributed by atoms with Gasteiger partial charge in [-0.15, -0.1) is 11.3 Å². The van der Waals surface area contributed by atoms with Gasteiger partial charge in [-0.25, -0.2) is 4.98 Å². The van der Waals surface area contributed by atoms with Gasteiger partial charge in [0.2, 0.25) is 0 Å². The van der Waals surface area contributed by atoms with Crippen molar-refractivity contribution in [2.75, 3.05) is 12.4 Å². The second-order valence-electron chi connectivity index (χ2n) is 4.11. The summed E-state index contributed by atoms with van der Waals surface area (Å²) < 4.78 is 19.6. The van der Waals surface area contributed by atoms with Crippen molar-refractivity contribution < 1.29 is 9.09 Å². The highest BCUT2D eigenvalue weighted by atomic mass is 33.1. The predicted molar refractivity (Wildman–Crippen MR) is 92.6 cm³/mol. The SMILES string of the molecule is CCCSP(=O)(OCC)SCc1cc(=O)n2ccsc2n1. The van der Waals surface area contributed by atoms with E-state index in [4.69, 9.17) is 4.52 Å². The molecule has 0 N–H and O–H groups in total. The molecule has 21 heavy (non-hydrogen) atoms. The average molecular weight is 364 g/mol. The lowest BCUT2D eigenvalue weighted by molar-refractivity contribution is 0.357. The smallest absolute Gasteiger partial charge is 0.313 e. The van der Waals surface area contributed by atoms with Gasteiger partial charge in [-0.2, -0.15) is 0 Å². The van der Waals surface area contributed by atoms with E-state index < -0.39 is 5.77 Å². The predicted octanol–water partition coefficient (Wildman–Crippen LogP) is 4.28. The van der Waals surface area contributed by atoms with Gasteiger partial charge in [0, 0.05) is 29.1 Å². The maximum Gasteiger partial charge on any atom is 0.313 e. The van der Waals surface area contributed by atoms with Crippen molar-refractivity contribution in [1.82, 2.24) is 9.38 Å². The van der Waals surface area contributed by atoms with Gasteiger partial charge in [-0.1, -0.05) is 29.7 Å². The minimum atomic E-state index is -2.77. The number of rotatable bonds is 8. The molecule has 1 atom stereocenters. The summed E-state index contributed by atoms with van der Waals surface area (Å²) in [6.07, 6.45) is 2.65. The largest absolute Gasteiger partial charge is 0.314 e. The Morgan fingerprint density at radius 1 is 1.43 bits per heavy atom. The van der Waals surface area contributed by atoms with E-state index in [0.717, 1.165) is 12.2 Å². The molecule has 0 bridgehead atoms. The Hall–Kier alpha value is -0.270. The van der Waals surface area contributed by atoms with E-state index in [1.54, 1.807) is 6.20 Å². The van der Waals surface area contributed by atoms with E-state index in [2.05, 4.69) is 4.98 Å². The van der Waals surface area contributed by atoms with E-state index in [-0.39, 0.29) is 5.56 Å². The summed E-state index contributed by atoms with van der Waals surface area (Å²) in [5.74, 6) is -1.56. The second kappa shape index (κ2) is 7.83. The van der Waals surface area contributed by atoms with Crippen molar-refractivity contribution in [2.24, 2.45) is 0 Å². The molecular weight excluding hydrogens is 347 g/mol. The number of aromatic nitrogens is 2. The molecule has 2 aromatic rings. The molecule has 0 spiro atoms. The highest BCUT2D eigenvalue weighted by Gasteiger charge is 2.24. The third kappa shape index (κ3) is 4.60. The molecule has 0 aliphatic heterocycles. The molecule has 5 nitrogen and oxygen atoms in total. The molecule has 0 aromatic carbocycles. The highest BCUT2D eigenvalue weighted by molar-refractivity contribution is 8.89. The highest BCUT2D eigenvalue weighted by Crippen LogP contribution is 2.70. The third-order valence-corrected chi connectivity index (χ3v) is 10.8. The van der Waals surface area contributed by atoms with Crippen LogP contribution in [0.4, 0.5) is 0 Å². The first-order valence-corrected chi connectivity index (χ1v) is 12.3.